The first-order chi connectivity index (χ1) is 12.7. The van der Waals surface area contributed by atoms with Crippen LogP contribution in [-0.2, 0) is 9.53 Å². The zero-order chi connectivity index (χ0) is 18.4. The fourth-order valence-corrected chi connectivity index (χ4v) is 3.25. The fraction of sp³-hybridized carbons (Fsp3) is 0.150. The maximum atomic E-state index is 11.7. The van der Waals surface area contributed by atoms with Crippen molar-refractivity contribution in [1.29, 1.82) is 5.26 Å². The van der Waals surface area contributed by atoms with Gasteiger partial charge in [0.1, 0.15) is 16.9 Å². The van der Waals surface area contributed by atoms with Crippen LogP contribution >= 0.6 is 11.8 Å². The molecule has 0 aliphatic heterocycles. The number of aromatic nitrogens is 1. The molecule has 0 N–H and O–H groups in total. The standard InChI is InChI=1S/C20H16N2O3S/c1-2-24-19(23)13-26-20-16(12-21)15(18-9-6-10-25-18)11-17(22-20)14-7-4-3-5-8-14/h3-11H,2,13H2,1H3. The molecular formula is C20H16N2O3S. The number of hydrogen-bond donors (Lipinski definition) is 0. The summed E-state index contributed by atoms with van der Waals surface area (Å²) in [7, 11) is 0. The Labute approximate surface area is 155 Å². The Morgan fingerprint density at radius 1 is 1.27 bits per heavy atom. The second kappa shape index (κ2) is 8.37. The molecule has 2 heterocycles. The number of esters is 1. The van der Waals surface area contributed by atoms with Gasteiger partial charge in [0.2, 0.25) is 0 Å². The lowest BCUT2D eigenvalue weighted by molar-refractivity contribution is -0.139. The predicted octanol–water partition coefficient (Wildman–Crippen LogP) is 4.54. The Morgan fingerprint density at radius 3 is 2.73 bits per heavy atom. The van der Waals surface area contributed by atoms with Crippen LogP contribution in [0.15, 0.2) is 64.2 Å². The Kier molecular flexibility index (Phi) is 5.72. The molecule has 1 aromatic carbocycles. The van der Waals surface area contributed by atoms with E-state index < -0.39 is 0 Å². The van der Waals surface area contributed by atoms with Crippen molar-refractivity contribution in [3.8, 4) is 28.7 Å². The first-order valence-electron chi connectivity index (χ1n) is 8.05. The molecule has 130 valence electrons. The molecule has 0 saturated heterocycles. The van der Waals surface area contributed by atoms with Crippen molar-refractivity contribution in [1.82, 2.24) is 4.98 Å². The highest BCUT2D eigenvalue weighted by molar-refractivity contribution is 7.99. The van der Waals surface area contributed by atoms with Crippen molar-refractivity contribution in [2.75, 3.05) is 12.4 Å². The molecule has 0 saturated carbocycles. The van der Waals surface area contributed by atoms with E-state index in [4.69, 9.17) is 9.15 Å². The molecule has 0 amide bonds. The first kappa shape index (κ1) is 17.8. The number of furan rings is 1. The number of thioether (sulfide) groups is 1. The molecule has 0 aliphatic rings. The second-order valence-electron chi connectivity index (χ2n) is 5.28. The van der Waals surface area contributed by atoms with E-state index in [0.29, 0.717) is 34.2 Å². The van der Waals surface area contributed by atoms with Crippen molar-refractivity contribution >= 4 is 17.7 Å². The molecule has 3 aromatic rings. The van der Waals surface area contributed by atoms with Crippen LogP contribution in [0.2, 0.25) is 0 Å². The zero-order valence-corrected chi connectivity index (χ0v) is 15.0. The van der Waals surface area contributed by atoms with Gasteiger partial charge in [0.15, 0.2) is 0 Å². The zero-order valence-electron chi connectivity index (χ0n) is 14.1. The molecular weight excluding hydrogens is 348 g/mol. The predicted molar refractivity (Wildman–Crippen MR) is 99.4 cm³/mol. The quantitative estimate of drug-likeness (QED) is 0.472. The maximum absolute atomic E-state index is 11.7. The minimum atomic E-state index is -0.340. The number of carbonyl (C=O) groups is 1. The number of carbonyl (C=O) groups excluding carboxylic acids is 1. The van der Waals surface area contributed by atoms with E-state index in [9.17, 15) is 10.1 Å². The molecule has 26 heavy (non-hydrogen) atoms. The number of pyridine rings is 1. The summed E-state index contributed by atoms with van der Waals surface area (Å²) in [5.74, 6) is 0.331. The lowest BCUT2D eigenvalue weighted by Gasteiger charge is -2.11. The van der Waals surface area contributed by atoms with Crippen LogP contribution in [0.5, 0.6) is 0 Å². The van der Waals surface area contributed by atoms with E-state index in [0.717, 1.165) is 5.56 Å². The summed E-state index contributed by atoms with van der Waals surface area (Å²) in [6.45, 7) is 2.08. The smallest absolute Gasteiger partial charge is 0.316 e. The third-order valence-corrected chi connectivity index (χ3v) is 4.54. The topological polar surface area (TPSA) is 76.1 Å². The van der Waals surface area contributed by atoms with Gasteiger partial charge in [-0.15, -0.1) is 0 Å². The molecule has 0 fully saturated rings. The van der Waals surface area contributed by atoms with Gasteiger partial charge in [-0.1, -0.05) is 42.1 Å². The minimum absolute atomic E-state index is 0.0886. The molecule has 0 atom stereocenters. The van der Waals surface area contributed by atoms with Crippen LogP contribution < -0.4 is 0 Å². The van der Waals surface area contributed by atoms with Crippen molar-refractivity contribution in [3.63, 3.8) is 0 Å². The Morgan fingerprint density at radius 2 is 2.08 bits per heavy atom. The number of nitriles is 1. The van der Waals surface area contributed by atoms with Crippen molar-refractivity contribution in [2.45, 2.75) is 11.9 Å². The molecule has 5 nitrogen and oxygen atoms in total. The third-order valence-electron chi connectivity index (χ3n) is 3.59. The van der Waals surface area contributed by atoms with Crippen molar-refractivity contribution < 1.29 is 13.9 Å². The largest absolute Gasteiger partial charge is 0.465 e. The monoisotopic (exact) mass is 364 g/mol. The summed E-state index contributed by atoms with van der Waals surface area (Å²) in [6.07, 6.45) is 1.56. The van der Waals surface area contributed by atoms with Crippen LogP contribution in [0.4, 0.5) is 0 Å². The lowest BCUT2D eigenvalue weighted by atomic mass is 10.0. The summed E-state index contributed by atoms with van der Waals surface area (Å²) in [5.41, 5.74) is 2.66. The molecule has 0 spiro atoms. The molecule has 0 radical (unpaired) electrons. The van der Waals surface area contributed by atoms with Crippen LogP contribution in [0.25, 0.3) is 22.6 Å². The van der Waals surface area contributed by atoms with Crippen molar-refractivity contribution in [3.05, 3.63) is 60.4 Å². The number of rotatable bonds is 6. The molecule has 0 aliphatic carbocycles. The number of hydrogen-bond acceptors (Lipinski definition) is 6. The lowest BCUT2D eigenvalue weighted by Crippen LogP contribution is -2.07. The molecule has 3 rings (SSSR count). The second-order valence-corrected chi connectivity index (χ2v) is 6.25. The van der Waals surface area contributed by atoms with Gasteiger partial charge in [-0.25, -0.2) is 4.98 Å². The normalized spacial score (nSPS) is 10.3. The fourth-order valence-electron chi connectivity index (χ4n) is 2.45. The van der Waals surface area contributed by atoms with Gasteiger partial charge in [0.25, 0.3) is 0 Å². The van der Waals surface area contributed by atoms with E-state index in [-0.39, 0.29) is 11.7 Å². The van der Waals surface area contributed by atoms with Gasteiger partial charge in [-0.05, 0) is 25.1 Å². The van der Waals surface area contributed by atoms with E-state index >= 15 is 0 Å². The average Bonchev–Trinajstić information content (AvgIpc) is 3.21. The summed E-state index contributed by atoms with van der Waals surface area (Å²) >= 11 is 1.19. The van der Waals surface area contributed by atoms with Crippen LogP contribution in [0, 0.1) is 11.3 Å². The van der Waals surface area contributed by atoms with Gasteiger partial charge in [-0.2, -0.15) is 5.26 Å². The molecule has 6 heteroatoms. The minimum Gasteiger partial charge on any atom is -0.465 e. The first-order valence-corrected chi connectivity index (χ1v) is 9.04. The summed E-state index contributed by atoms with van der Waals surface area (Å²) in [6, 6.07) is 17.3. The van der Waals surface area contributed by atoms with Gasteiger partial charge in [-0.3, -0.25) is 4.79 Å². The maximum Gasteiger partial charge on any atom is 0.316 e. The van der Waals surface area contributed by atoms with Gasteiger partial charge >= 0.3 is 5.97 Å². The highest BCUT2D eigenvalue weighted by Gasteiger charge is 2.18. The van der Waals surface area contributed by atoms with E-state index in [2.05, 4.69) is 11.1 Å². The van der Waals surface area contributed by atoms with E-state index in [1.165, 1.54) is 11.8 Å². The number of ether oxygens (including phenoxy) is 1. The highest BCUT2D eigenvalue weighted by atomic mass is 32.2. The summed E-state index contributed by atoms with van der Waals surface area (Å²) in [4.78, 5) is 16.3. The van der Waals surface area contributed by atoms with Gasteiger partial charge in [0, 0.05) is 11.1 Å². The Balaban J connectivity index is 2.07. The van der Waals surface area contributed by atoms with Crippen molar-refractivity contribution in [2.24, 2.45) is 0 Å². The van der Waals surface area contributed by atoms with E-state index in [1.54, 1.807) is 25.3 Å². The van der Waals surface area contributed by atoms with E-state index in [1.807, 2.05) is 36.4 Å². The SMILES string of the molecule is CCOC(=O)CSc1nc(-c2ccccc2)cc(-c2ccco2)c1C#N. The number of benzene rings is 1. The van der Waals surface area contributed by atoms with Gasteiger partial charge < -0.3 is 9.15 Å². The Hall–Kier alpha value is -3.04. The Bertz CT molecular complexity index is 932. The van der Waals surface area contributed by atoms with Crippen LogP contribution in [-0.4, -0.2) is 23.3 Å². The third kappa shape index (κ3) is 3.95. The summed E-state index contributed by atoms with van der Waals surface area (Å²) in [5, 5.41) is 10.1. The molecule has 0 unspecified atom stereocenters. The summed E-state index contributed by atoms with van der Waals surface area (Å²) < 4.78 is 10.5. The van der Waals surface area contributed by atoms with Crippen LogP contribution in [0.3, 0.4) is 0 Å². The molecule has 2 aromatic heterocycles. The average molecular weight is 364 g/mol. The highest BCUT2D eigenvalue weighted by Crippen LogP contribution is 2.34. The van der Waals surface area contributed by atoms with Gasteiger partial charge in [0.05, 0.1) is 29.9 Å². The molecule has 0 bridgehead atoms. The number of nitrogens with zero attached hydrogens (tertiary/aromatic N) is 2. The van der Waals surface area contributed by atoms with Crippen LogP contribution in [0.1, 0.15) is 12.5 Å².